The Kier molecular flexibility index (Phi) is 8.05. The maximum Gasteiger partial charge on any atom is 0.342 e. The van der Waals surface area contributed by atoms with Crippen molar-refractivity contribution in [3.05, 3.63) is 97.6 Å². The number of amides is 2. The Morgan fingerprint density at radius 1 is 0.923 bits per heavy atom. The molecule has 1 heterocycles. The summed E-state index contributed by atoms with van der Waals surface area (Å²) in [4.78, 5) is 26.1. The molecule has 0 atom stereocenters. The highest BCUT2D eigenvalue weighted by Gasteiger charge is 2.28. The number of rotatable bonds is 6. The third kappa shape index (κ3) is 5.87. The summed E-state index contributed by atoms with van der Waals surface area (Å²) in [5.74, 6) is -0.372. The van der Waals surface area contributed by atoms with Crippen molar-refractivity contribution in [2.75, 3.05) is 5.32 Å². The predicted octanol–water partition coefficient (Wildman–Crippen LogP) is 8.15. The number of aromatic nitrogens is 2. The van der Waals surface area contributed by atoms with Gasteiger partial charge in [-0.15, -0.1) is 0 Å². The zero-order valence-electron chi connectivity index (χ0n) is 20.3. The van der Waals surface area contributed by atoms with Crippen LogP contribution in [-0.2, 0) is 6.54 Å². The highest BCUT2D eigenvalue weighted by Crippen LogP contribution is 2.39. The van der Waals surface area contributed by atoms with Crippen molar-refractivity contribution in [3.8, 4) is 17.0 Å². The van der Waals surface area contributed by atoms with E-state index in [2.05, 4.69) is 15.7 Å². The second-order valence-corrected chi connectivity index (χ2v) is 10.8. The van der Waals surface area contributed by atoms with Crippen molar-refractivity contribution < 1.29 is 14.7 Å². The number of phenols is 1. The van der Waals surface area contributed by atoms with Gasteiger partial charge in [-0.3, -0.25) is 4.79 Å². The van der Waals surface area contributed by atoms with Crippen LogP contribution < -0.4 is 10.6 Å². The van der Waals surface area contributed by atoms with Crippen molar-refractivity contribution in [3.63, 3.8) is 0 Å². The van der Waals surface area contributed by atoms with E-state index in [1.54, 1.807) is 54.6 Å². The molecule has 0 saturated heterocycles. The first-order valence-electron chi connectivity index (χ1n) is 12.1. The van der Waals surface area contributed by atoms with Crippen LogP contribution in [0.3, 0.4) is 0 Å². The van der Waals surface area contributed by atoms with E-state index >= 15 is 0 Å². The number of anilines is 1. The summed E-state index contributed by atoms with van der Waals surface area (Å²) in [5.41, 5.74) is 2.83. The molecule has 0 radical (unpaired) electrons. The highest BCUT2D eigenvalue weighted by molar-refractivity contribution is 6.42. The maximum atomic E-state index is 13.2. The normalized spacial score (nSPS) is 13.1. The van der Waals surface area contributed by atoms with Crippen LogP contribution in [0.25, 0.3) is 11.3 Å². The predicted molar refractivity (Wildman–Crippen MR) is 154 cm³/mol. The molecule has 11 heteroatoms. The van der Waals surface area contributed by atoms with Gasteiger partial charge in [0.05, 0.1) is 37.0 Å². The molecule has 200 valence electrons. The molecule has 1 aliphatic rings. The third-order valence-corrected chi connectivity index (χ3v) is 7.97. The lowest BCUT2D eigenvalue weighted by Crippen LogP contribution is -2.31. The molecule has 0 spiro atoms. The molecule has 1 aliphatic carbocycles. The maximum absolute atomic E-state index is 13.2. The largest absolute Gasteiger partial charge is 0.507 e. The lowest BCUT2D eigenvalue weighted by Gasteiger charge is -2.25. The number of nitrogens with one attached hydrogen (secondary N) is 2. The first-order valence-corrected chi connectivity index (χ1v) is 13.6. The molecule has 3 N–H and O–H groups in total. The zero-order valence-corrected chi connectivity index (χ0v) is 23.4. The fourth-order valence-electron chi connectivity index (χ4n) is 4.31. The van der Waals surface area contributed by atoms with Gasteiger partial charge in [-0.2, -0.15) is 9.78 Å². The molecule has 3 aromatic carbocycles. The van der Waals surface area contributed by atoms with E-state index in [4.69, 9.17) is 46.4 Å². The van der Waals surface area contributed by atoms with E-state index in [-0.39, 0.29) is 33.8 Å². The molecule has 0 unspecified atom stereocenters. The standard InChI is InChI=1S/C28H22Cl4N4O3/c29-19-9-7-15(11-22(19)32)14-33-28(39)36-24(16-3-1-4-16)13-23(35-36)18-12-17(8-10-25(18)37)34-27(38)26-20(30)5-2-6-21(26)31/h2,5-13,16,37H,1,3-4,14H2,(H,33,39)(H,34,38). The summed E-state index contributed by atoms with van der Waals surface area (Å²) in [6, 6.07) is 15.9. The van der Waals surface area contributed by atoms with Gasteiger partial charge in [-0.25, -0.2) is 4.79 Å². The number of benzene rings is 3. The highest BCUT2D eigenvalue weighted by atomic mass is 35.5. The Hall–Kier alpha value is -3.23. The number of halogens is 4. The molecular weight excluding hydrogens is 582 g/mol. The molecule has 1 fully saturated rings. The molecule has 2 amide bonds. The van der Waals surface area contributed by atoms with Crippen molar-refractivity contribution in [1.29, 1.82) is 0 Å². The number of phenolic OH excluding ortho intramolecular Hbond substituents is 1. The molecular formula is C28H22Cl4N4O3. The second-order valence-electron chi connectivity index (χ2n) is 9.18. The summed E-state index contributed by atoms with van der Waals surface area (Å²) in [6.45, 7) is 0.229. The van der Waals surface area contributed by atoms with Gasteiger partial charge in [0.2, 0.25) is 0 Å². The van der Waals surface area contributed by atoms with Gasteiger partial charge >= 0.3 is 6.03 Å². The molecule has 1 saturated carbocycles. The van der Waals surface area contributed by atoms with Gasteiger partial charge in [0.25, 0.3) is 5.91 Å². The SMILES string of the molecule is O=C(Nc1ccc(O)c(-c2cc(C3CCC3)n(C(=O)NCc3ccc(Cl)c(Cl)c3)n2)c1)c1c(Cl)cccc1Cl. The molecule has 0 bridgehead atoms. The summed E-state index contributed by atoms with van der Waals surface area (Å²) < 4.78 is 1.34. The minimum absolute atomic E-state index is 0.0511. The first kappa shape index (κ1) is 27.3. The lowest BCUT2D eigenvalue weighted by atomic mass is 9.82. The van der Waals surface area contributed by atoms with E-state index in [0.29, 0.717) is 27.0 Å². The molecule has 4 aromatic rings. The smallest absolute Gasteiger partial charge is 0.342 e. The van der Waals surface area contributed by atoms with Crippen molar-refractivity contribution >= 4 is 64.0 Å². The van der Waals surface area contributed by atoms with E-state index in [1.807, 2.05) is 0 Å². The number of carbonyl (C=O) groups excluding carboxylic acids is 2. The van der Waals surface area contributed by atoms with Gasteiger partial charge in [0, 0.05) is 23.7 Å². The minimum Gasteiger partial charge on any atom is -0.507 e. The Morgan fingerprint density at radius 3 is 2.33 bits per heavy atom. The Balaban J connectivity index is 1.41. The van der Waals surface area contributed by atoms with Crippen LogP contribution in [0.15, 0.2) is 60.7 Å². The summed E-state index contributed by atoms with van der Waals surface area (Å²) in [6.07, 6.45) is 2.94. The molecule has 7 nitrogen and oxygen atoms in total. The molecule has 39 heavy (non-hydrogen) atoms. The average Bonchev–Trinajstić information content (AvgIpc) is 3.29. The fourth-order valence-corrected chi connectivity index (χ4v) is 5.20. The third-order valence-electron chi connectivity index (χ3n) is 6.60. The number of aromatic hydroxyl groups is 1. The van der Waals surface area contributed by atoms with Crippen LogP contribution in [0.4, 0.5) is 10.5 Å². The second kappa shape index (κ2) is 11.5. The van der Waals surface area contributed by atoms with Crippen molar-refractivity contribution in [2.24, 2.45) is 0 Å². The monoisotopic (exact) mass is 602 g/mol. The van der Waals surface area contributed by atoms with E-state index in [0.717, 1.165) is 30.5 Å². The number of hydrogen-bond donors (Lipinski definition) is 3. The van der Waals surface area contributed by atoms with Gasteiger partial charge in [-0.1, -0.05) is 65.0 Å². The number of hydrogen-bond acceptors (Lipinski definition) is 4. The molecule has 5 rings (SSSR count). The van der Waals surface area contributed by atoms with E-state index < -0.39 is 11.9 Å². The Morgan fingerprint density at radius 2 is 1.67 bits per heavy atom. The number of carbonyl (C=O) groups is 2. The van der Waals surface area contributed by atoms with Gasteiger partial charge in [-0.05, 0) is 66.9 Å². The zero-order chi connectivity index (χ0) is 27.7. The summed E-state index contributed by atoms with van der Waals surface area (Å²) >= 11 is 24.4. The molecule has 1 aromatic heterocycles. The van der Waals surface area contributed by atoms with Gasteiger partial charge in [0.1, 0.15) is 5.75 Å². The Bertz CT molecular complexity index is 1560. The summed E-state index contributed by atoms with van der Waals surface area (Å²) in [7, 11) is 0. The number of nitrogens with zero attached hydrogens (tertiary/aromatic N) is 2. The van der Waals surface area contributed by atoms with Crippen LogP contribution in [0.1, 0.15) is 46.8 Å². The van der Waals surface area contributed by atoms with Crippen LogP contribution >= 0.6 is 46.4 Å². The topological polar surface area (TPSA) is 96.2 Å². The van der Waals surface area contributed by atoms with Crippen LogP contribution in [0.2, 0.25) is 20.1 Å². The quantitative estimate of drug-likeness (QED) is 0.194. The lowest BCUT2D eigenvalue weighted by molar-refractivity contribution is 0.102. The van der Waals surface area contributed by atoms with Crippen LogP contribution in [-0.4, -0.2) is 26.8 Å². The van der Waals surface area contributed by atoms with Crippen LogP contribution in [0.5, 0.6) is 5.75 Å². The van der Waals surface area contributed by atoms with Gasteiger partial charge in [0.15, 0.2) is 0 Å². The Labute approximate surface area is 244 Å². The van der Waals surface area contributed by atoms with Gasteiger partial charge < -0.3 is 15.7 Å². The average molecular weight is 604 g/mol. The van der Waals surface area contributed by atoms with Crippen molar-refractivity contribution in [2.45, 2.75) is 31.7 Å². The minimum atomic E-state index is -0.496. The van der Waals surface area contributed by atoms with E-state index in [9.17, 15) is 14.7 Å². The first-order chi connectivity index (χ1) is 18.7. The van der Waals surface area contributed by atoms with Crippen molar-refractivity contribution in [1.82, 2.24) is 15.1 Å². The van der Waals surface area contributed by atoms with Crippen LogP contribution in [0, 0.1) is 0 Å². The molecule has 0 aliphatic heterocycles. The fraction of sp³-hybridized carbons (Fsp3) is 0.179. The van der Waals surface area contributed by atoms with E-state index in [1.165, 1.54) is 10.7 Å². The summed E-state index contributed by atoms with van der Waals surface area (Å²) in [5, 5.41) is 22.1.